The van der Waals surface area contributed by atoms with Crippen molar-refractivity contribution < 1.29 is 8.42 Å². The standard InChI is InChI=1S/C11H22N4O2S/c1-5-9(6-2)7-13-18(16,17)10-8(3)15(4)14-11(10)12/h9,13H,5-7H2,1-4H3,(H2,12,14). The molecule has 7 heteroatoms. The molecule has 0 aliphatic heterocycles. The van der Waals surface area contributed by atoms with E-state index in [1.165, 1.54) is 4.68 Å². The number of nitrogens with zero attached hydrogens (tertiary/aromatic N) is 2. The van der Waals surface area contributed by atoms with Crippen LogP contribution in [0.5, 0.6) is 0 Å². The van der Waals surface area contributed by atoms with Crippen LogP contribution in [0.1, 0.15) is 32.4 Å². The first-order valence-corrected chi connectivity index (χ1v) is 7.60. The number of sulfonamides is 1. The van der Waals surface area contributed by atoms with Gasteiger partial charge in [0.15, 0.2) is 5.82 Å². The van der Waals surface area contributed by atoms with Crippen LogP contribution in [-0.2, 0) is 17.1 Å². The molecule has 1 rings (SSSR count). The molecule has 1 heterocycles. The Morgan fingerprint density at radius 2 is 1.94 bits per heavy atom. The molecule has 3 N–H and O–H groups in total. The summed E-state index contributed by atoms with van der Waals surface area (Å²) < 4.78 is 28.4. The molecule has 1 aromatic rings. The summed E-state index contributed by atoms with van der Waals surface area (Å²) in [6, 6.07) is 0. The lowest BCUT2D eigenvalue weighted by Crippen LogP contribution is -2.29. The molecule has 0 amide bonds. The zero-order valence-corrected chi connectivity index (χ0v) is 12.2. The fourth-order valence-corrected chi connectivity index (χ4v) is 3.26. The molecule has 0 aromatic carbocycles. The molecule has 0 atom stereocenters. The summed E-state index contributed by atoms with van der Waals surface area (Å²) in [7, 11) is -1.90. The Morgan fingerprint density at radius 1 is 1.39 bits per heavy atom. The molecule has 104 valence electrons. The second kappa shape index (κ2) is 5.71. The highest BCUT2D eigenvalue weighted by Crippen LogP contribution is 2.21. The largest absolute Gasteiger partial charge is 0.381 e. The topological polar surface area (TPSA) is 90.0 Å². The Hall–Kier alpha value is -1.08. The molecule has 1 aromatic heterocycles. The average molecular weight is 274 g/mol. The van der Waals surface area contributed by atoms with E-state index in [1.807, 2.05) is 13.8 Å². The summed E-state index contributed by atoms with van der Waals surface area (Å²) in [6.45, 7) is 6.22. The zero-order chi connectivity index (χ0) is 13.9. The fourth-order valence-electron chi connectivity index (χ4n) is 1.82. The lowest BCUT2D eigenvalue weighted by Gasteiger charge is -2.13. The molecule has 0 saturated carbocycles. The maximum atomic E-state index is 12.2. The minimum Gasteiger partial charge on any atom is -0.381 e. The molecule has 0 fully saturated rings. The molecule has 0 saturated heterocycles. The summed E-state index contributed by atoms with van der Waals surface area (Å²) >= 11 is 0. The number of nitrogen functional groups attached to an aromatic ring is 1. The van der Waals surface area contributed by atoms with Crippen LogP contribution >= 0.6 is 0 Å². The quantitative estimate of drug-likeness (QED) is 0.810. The number of aromatic nitrogens is 2. The van der Waals surface area contributed by atoms with Crippen LogP contribution in [0.2, 0.25) is 0 Å². The van der Waals surface area contributed by atoms with E-state index in [0.717, 1.165) is 12.8 Å². The summed E-state index contributed by atoms with van der Waals surface area (Å²) in [5.74, 6) is 0.394. The second-order valence-electron chi connectivity index (χ2n) is 4.46. The first-order valence-electron chi connectivity index (χ1n) is 6.12. The van der Waals surface area contributed by atoms with Gasteiger partial charge in [0, 0.05) is 13.6 Å². The van der Waals surface area contributed by atoms with Crippen molar-refractivity contribution in [2.24, 2.45) is 13.0 Å². The van der Waals surface area contributed by atoms with E-state index in [0.29, 0.717) is 18.2 Å². The van der Waals surface area contributed by atoms with E-state index in [1.54, 1.807) is 14.0 Å². The SMILES string of the molecule is CCC(CC)CNS(=O)(=O)c1c(N)nn(C)c1C. The van der Waals surface area contributed by atoms with Crippen molar-refractivity contribution in [3.05, 3.63) is 5.69 Å². The van der Waals surface area contributed by atoms with Gasteiger partial charge < -0.3 is 5.73 Å². The third-order valence-electron chi connectivity index (χ3n) is 3.29. The maximum absolute atomic E-state index is 12.2. The highest BCUT2D eigenvalue weighted by Gasteiger charge is 2.24. The van der Waals surface area contributed by atoms with Gasteiger partial charge in [-0.1, -0.05) is 26.7 Å². The Kier molecular flexibility index (Phi) is 4.75. The van der Waals surface area contributed by atoms with E-state index in [2.05, 4.69) is 9.82 Å². The van der Waals surface area contributed by atoms with Crippen LogP contribution in [0.4, 0.5) is 5.82 Å². The maximum Gasteiger partial charge on any atom is 0.246 e. The molecule has 0 bridgehead atoms. The van der Waals surface area contributed by atoms with Crippen LogP contribution in [0, 0.1) is 12.8 Å². The highest BCUT2D eigenvalue weighted by atomic mass is 32.2. The van der Waals surface area contributed by atoms with E-state index in [-0.39, 0.29) is 10.7 Å². The molecule has 0 aliphatic carbocycles. The van der Waals surface area contributed by atoms with Gasteiger partial charge in [0.1, 0.15) is 4.90 Å². The highest BCUT2D eigenvalue weighted by molar-refractivity contribution is 7.89. The van der Waals surface area contributed by atoms with Crippen LogP contribution < -0.4 is 10.5 Å². The summed E-state index contributed by atoms with van der Waals surface area (Å²) in [6.07, 6.45) is 1.89. The summed E-state index contributed by atoms with van der Waals surface area (Å²) in [5.41, 5.74) is 6.19. The van der Waals surface area contributed by atoms with Gasteiger partial charge >= 0.3 is 0 Å². The lowest BCUT2D eigenvalue weighted by molar-refractivity contribution is 0.479. The van der Waals surface area contributed by atoms with Gasteiger partial charge in [-0.05, 0) is 12.8 Å². The van der Waals surface area contributed by atoms with Gasteiger partial charge in [0.25, 0.3) is 0 Å². The second-order valence-corrected chi connectivity index (χ2v) is 6.16. The molecular formula is C11H22N4O2S. The average Bonchev–Trinajstić information content (AvgIpc) is 2.54. The van der Waals surface area contributed by atoms with Crippen LogP contribution in [0.15, 0.2) is 4.90 Å². The van der Waals surface area contributed by atoms with Crippen molar-refractivity contribution in [1.29, 1.82) is 0 Å². The number of hydrogen-bond acceptors (Lipinski definition) is 4. The van der Waals surface area contributed by atoms with Crippen molar-refractivity contribution in [2.75, 3.05) is 12.3 Å². The molecule has 0 unspecified atom stereocenters. The van der Waals surface area contributed by atoms with E-state index >= 15 is 0 Å². The van der Waals surface area contributed by atoms with Crippen molar-refractivity contribution in [3.8, 4) is 0 Å². The normalized spacial score (nSPS) is 12.3. The number of anilines is 1. The first kappa shape index (κ1) is 15.0. The van der Waals surface area contributed by atoms with Crippen LogP contribution in [0.3, 0.4) is 0 Å². The number of nitrogens with two attached hydrogens (primary N) is 1. The predicted molar refractivity (Wildman–Crippen MR) is 71.6 cm³/mol. The molecule has 6 nitrogen and oxygen atoms in total. The molecule has 18 heavy (non-hydrogen) atoms. The number of aryl methyl sites for hydroxylation is 1. The van der Waals surface area contributed by atoms with Crippen molar-refractivity contribution >= 4 is 15.8 Å². The van der Waals surface area contributed by atoms with Gasteiger partial charge in [-0.15, -0.1) is 0 Å². The van der Waals surface area contributed by atoms with Crippen LogP contribution in [-0.4, -0.2) is 24.7 Å². The molecule has 0 radical (unpaired) electrons. The molecule has 0 spiro atoms. The smallest absolute Gasteiger partial charge is 0.246 e. The van der Waals surface area contributed by atoms with Gasteiger partial charge in [-0.2, -0.15) is 5.10 Å². The third-order valence-corrected chi connectivity index (χ3v) is 4.88. The van der Waals surface area contributed by atoms with E-state index in [9.17, 15) is 8.42 Å². The molecular weight excluding hydrogens is 252 g/mol. The minimum atomic E-state index is -3.57. The van der Waals surface area contributed by atoms with Crippen molar-refractivity contribution in [2.45, 2.75) is 38.5 Å². The lowest BCUT2D eigenvalue weighted by atomic mass is 10.0. The number of rotatable bonds is 6. The molecule has 0 aliphatic rings. The van der Waals surface area contributed by atoms with Gasteiger partial charge in [0.2, 0.25) is 10.0 Å². The summed E-state index contributed by atoms with van der Waals surface area (Å²) in [4.78, 5) is 0.0935. The van der Waals surface area contributed by atoms with Gasteiger partial charge in [0.05, 0.1) is 5.69 Å². The summed E-state index contributed by atoms with van der Waals surface area (Å²) in [5, 5.41) is 3.92. The number of nitrogens with one attached hydrogen (secondary N) is 1. The van der Waals surface area contributed by atoms with Crippen LogP contribution in [0.25, 0.3) is 0 Å². The Morgan fingerprint density at radius 3 is 2.33 bits per heavy atom. The van der Waals surface area contributed by atoms with Crippen molar-refractivity contribution in [1.82, 2.24) is 14.5 Å². The Balaban J connectivity index is 2.93. The fraction of sp³-hybridized carbons (Fsp3) is 0.727. The number of hydrogen-bond donors (Lipinski definition) is 2. The first-order chi connectivity index (χ1) is 8.33. The van der Waals surface area contributed by atoms with E-state index in [4.69, 9.17) is 5.73 Å². The third kappa shape index (κ3) is 3.02. The van der Waals surface area contributed by atoms with Gasteiger partial charge in [-0.25, -0.2) is 13.1 Å². The van der Waals surface area contributed by atoms with Gasteiger partial charge in [-0.3, -0.25) is 4.68 Å². The van der Waals surface area contributed by atoms with E-state index < -0.39 is 10.0 Å². The Bertz CT molecular complexity index is 503. The predicted octanol–water partition coefficient (Wildman–Crippen LogP) is 1.03. The van der Waals surface area contributed by atoms with Crippen molar-refractivity contribution in [3.63, 3.8) is 0 Å². The zero-order valence-electron chi connectivity index (χ0n) is 11.4. The monoisotopic (exact) mass is 274 g/mol. The minimum absolute atomic E-state index is 0.0482. The Labute approximate surface area is 109 Å².